The van der Waals surface area contributed by atoms with Crippen molar-refractivity contribution < 1.29 is 10.0 Å². The zero-order chi connectivity index (χ0) is 13.5. The van der Waals surface area contributed by atoms with Crippen LogP contribution in [0.4, 0.5) is 5.69 Å². The Morgan fingerprint density at radius 2 is 2.00 bits per heavy atom. The van der Waals surface area contributed by atoms with E-state index in [-0.39, 0.29) is 12.3 Å². The first kappa shape index (κ1) is 14.1. The predicted octanol–water partition coefficient (Wildman–Crippen LogP) is 1.43. The molecule has 0 spiro atoms. The van der Waals surface area contributed by atoms with E-state index in [1.807, 2.05) is 6.92 Å². The van der Waals surface area contributed by atoms with Gasteiger partial charge in [0.25, 0.3) is 5.69 Å². The first-order valence-corrected chi connectivity index (χ1v) is 5.64. The Hall–Kier alpha value is -1.92. The molecular formula is C12H17N3O3. The first-order chi connectivity index (χ1) is 8.63. The Balaban J connectivity index is 3.14. The van der Waals surface area contributed by atoms with Crippen LogP contribution in [0.15, 0.2) is 29.8 Å². The van der Waals surface area contributed by atoms with Crippen LogP contribution in [0.3, 0.4) is 0 Å². The second-order valence-corrected chi connectivity index (χ2v) is 3.67. The standard InChI is InChI=1S/C12H17N3O3/c1-3-9(8-16)12(14-13-2)10-4-6-11(7-5-10)15(17)18/h4-7,13-14,16H,3,8H2,1-2H3/b12-9+. The summed E-state index contributed by atoms with van der Waals surface area (Å²) in [6.07, 6.45) is 0.692. The van der Waals surface area contributed by atoms with E-state index in [1.165, 1.54) is 12.1 Å². The fourth-order valence-corrected chi connectivity index (χ4v) is 1.61. The smallest absolute Gasteiger partial charge is 0.269 e. The summed E-state index contributed by atoms with van der Waals surface area (Å²) >= 11 is 0. The molecule has 0 saturated heterocycles. The SMILES string of the molecule is CC/C(CO)=C(\NNC)c1ccc([N+](=O)[O-])cc1. The van der Waals surface area contributed by atoms with Crippen LogP contribution in [0.5, 0.6) is 0 Å². The van der Waals surface area contributed by atoms with Crippen molar-refractivity contribution in [3.8, 4) is 0 Å². The third kappa shape index (κ3) is 3.28. The van der Waals surface area contributed by atoms with Crippen LogP contribution >= 0.6 is 0 Å². The molecule has 1 rings (SSSR count). The highest BCUT2D eigenvalue weighted by atomic mass is 16.6. The second-order valence-electron chi connectivity index (χ2n) is 3.67. The van der Waals surface area contributed by atoms with Gasteiger partial charge in [-0.25, -0.2) is 5.43 Å². The van der Waals surface area contributed by atoms with Crippen molar-refractivity contribution in [3.05, 3.63) is 45.5 Å². The van der Waals surface area contributed by atoms with Gasteiger partial charge in [0.2, 0.25) is 0 Å². The first-order valence-electron chi connectivity index (χ1n) is 5.64. The van der Waals surface area contributed by atoms with E-state index in [0.717, 1.165) is 16.8 Å². The number of nitro groups is 1. The zero-order valence-corrected chi connectivity index (χ0v) is 10.4. The highest BCUT2D eigenvalue weighted by Gasteiger charge is 2.09. The van der Waals surface area contributed by atoms with Crippen LogP contribution in [0.1, 0.15) is 18.9 Å². The zero-order valence-electron chi connectivity index (χ0n) is 10.4. The van der Waals surface area contributed by atoms with Gasteiger partial charge < -0.3 is 10.5 Å². The number of hydrogen-bond donors (Lipinski definition) is 3. The lowest BCUT2D eigenvalue weighted by atomic mass is 10.0. The van der Waals surface area contributed by atoms with Crippen LogP contribution < -0.4 is 10.9 Å². The van der Waals surface area contributed by atoms with E-state index in [1.54, 1.807) is 19.2 Å². The van der Waals surface area contributed by atoms with E-state index in [9.17, 15) is 15.2 Å². The van der Waals surface area contributed by atoms with Crippen molar-refractivity contribution in [1.29, 1.82) is 0 Å². The number of benzene rings is 1. The van der Waals surface area contributed by atoms with Crippen molar-refractivity contribution in [2.24, 2.45) is 0 Å². The molecular weight excluding hydrogens is 234 g/mol. The van der Waals surface area contributed by atoms with Crippen LogP contribution in [0.25, 0.3) is 5.70 Å². The molecule has 6 heteroatoms. The van der Waals surface area contributed by atoms with Crippen LogP contribution in [-0.2, 0) is 0 Å². The van der Waals surface area contributed by atoms with E-state index in [2.05, 4.69) is 10.9 Å². The van der Waals surface area contributed by atoms with Gasteiger partial charge in [-0.15, -0.1) is 0 Å². The lowest BCUT2D eigenvalue weighted by molar-refractivity contribution is -0.384. The van der Waals surface area contributed by atoms with Gasteiger partial charge in [-0.2, -0.15) is 0 Å². The van der Waals surface area contributed by atoms with E-state index in [0.29, 0.717) is 6.42 Å². The summed E-state index contributed by atoms with van der Waals surface area (Å²) in [6, 6.07) is 6.20. The molecule has 3 N–H and O–H groups in total. The van der Waals surface area contributed by atoms with Crippen LogP contribution in [-0.4, -0.2) is 23.7 Å². The Kier molecular flexibility index (Phi) is 5.29. The number of rotatable bonds is 6. The maximum Gasteiger partial charge on any atom is 0.269 e. The molecule has 0 amide bonds. The summed E-state index contributed by atoms with van der Waals surface area (Å²) in [5.74, 6) is 0. The number of aliphatic hydroxyl groups is 1. The van der Waals surface area contributed by atoms with Gasteiger partial charge in [0.1, 0.15) is 0 Å². The molecule has 0 unspecified atom stereocenters. The Bertz CT molecular complexity index is 434. The minimum absolute atomic E-state index is 0.0459. The van der Waals surface area contributed by atoms with Crippen molar-refractivity contribution in [3.63, 3.8) is 0 Å². The molecule has 0 aromatic heterocycles. The van der Waals surface area contributed by atoms with E-state index < -0.39 is 4.92 Å². The predicted molar refractivity (Wildman–Crippen MR) is 69.6 cm³/mol. The summed E-state index contributed by atoms with van der Waals surface area (Å²) in [4.78, 5) is 10.1. The molecule has 0 aliphatic rings. The van der Waals surface area contributed by atoms with Gasteiger partial charge in [-0.3, -0.25) is 10.1 Å². The Morgan fingerprint density at radius 1 is 1.39 bits per heavy atom. The summed E-state index contributed by atoms with van der Waals surface area (Å²) in [7, 11) is 1.72. The normalized spacial score (nSPS) is 11.9. The molecule has 0 atom stereocenters. The third-order valence-electron chi connectivity index (χ3n) is 2.59. The molecule has 1 aromatic carbocycles. The van der Waals surface area contributed by atoms with Gasteiger partial charge in [0, 0.05) is 19.2 Å². The van der Waals surface area contributed by atoms with E-state index in [4.69, 9.17) is 0 Å². The number of aliphatic hydroxyl groups excluding tert-OH is 1. The summed E-state index contributed by atoms with van der Waals surface area (Å²) < 4.78 is 0. The maximum absolute atomic E-state index is 10.6. The lowest BCUT2D eigenvalue weighted by Gasteiger charge is -2.14. The molecule has 0 aliphatic heterocycles. The quantitative estimate of drug-likeness (QED) is 0.526. The topological polar surface area (TPSA) is 87.4 Å². The Morgan fingerprint density at radius 3 is 2.39 bits per heavy atom. The number of nitrogens with zero attached hydrogens (tertiary/aromatic N) is 1. The number of hydrazine groups is 1. The second kappa shape index (κ2) is 6.73. The number of nitrogens with one attached hydrogen (secondary N) is 2. The van der Waals surface area contributed by atoms with Crippen LogP contribution in [0, 0.1) is 10.1 Å². The Labute approximate surface area is 105 Å². The lowest BCUT2D eigenvalue weighted by Crippen LogP contribution is -2.27. The van der Waals surface area contributed by atoms with Gasteiger partial charge in [-0.05, 0) is 29.7 Å². The summed E-state index contributed by atoms with van der Waals surface area (Å²) in [5, 5.41) is 19.9. The summed E-state index contributed by atoms with van der Waals surface area (Å²) in [5.41, 5.74) is 8.17. The summed E-state index contributed by atoms with van der Waals surface area (Å²) in [6.45, 7) is 1.88. The van der Waals surface area contributed by atoms with Crippen LogP contribution in [0.2, 0.25) is 0 Å². The van der Waals surface area contributed by atoms with Gasteiger partial charge in [0.05, 0.1) is 17.2 Å². The molecule has 0 saturated carbocycles. The van der Waals surface area contributed by atoms with Crippen molar-refractivity contribution in [1.82, 2.24) is 10.9 Å². The highest BCUT2D eigenvalue weighted by Crippen LogP contribution is 2.20. The fourth-order valence-electron chi connectivity index (χ4n) is 1.61. The fraction of sp³-hybridized carbons (Fsp3) is 0.333. The molecule has 1 aromatic rings. The molecule has 98 valence electrons. The number of hydrogen-bond acceptors (Lipinski definition) is 5. The minimum Gasteiger partial charge on any atom is -0.392 e. The largest absolute Gasteiger partial charge is 0.392 e. The molecule has 18 heavy (non-hydrogen) atoms. The van der Waals surface area contributed by atoms with Crippen molar-refractivity contribution in [2.45, 2.75) is 13.3 Å². The minimum atomic E-state index is -0.439. The van der Waals surface area contributed by atoms with Gasteiger partial charge in [0.15, 0.2) is 0 Å². The van der Waals surface area contributed by atoms with Crippen molar-refractivity contribution in [2.75, 3.05) is 13.7 Å². The molecule has 0 bridgehead atoms. The average molecular weight is 251 g/mol. The third-order valence-corrected chi connectivity index (χ3v) is 2.59. The average Bonchev–Trinajstić information content (AvgIpc) is 2.39. The maximum atomic E-state index is 10.6. The molecule has 0 radical (unpaired) electrons. The monoisotopic (exact) mass is 251 g/mol. The number of non-ortho nitro benzene ring substituents is 1. The molecule has 0 heterocycles. The molecule has 6 nitrogen and oxygen atoms in total. The highest BCUT2D eigenvalue weighted by molar-refractivity contribution is 5.67. The molecule has 0 fully saturated rings. The number of nitro benzene ring substituents is 1. The molecule has 0 aliphatic carbocycles. The van der Waals surface area contributed by atoms with Gasteiger partial charge in [-0.1, -0.05) is 6.92 Å². The van der Waals surface area contributed by atoms with Crippen molar-refractivity contribution >= 4 is 11.4 Å². The van der Waals surface area contributed by atoms with Gasteiger partial charge >= 0.3 is 0 Å². The van der Waals surface area contributed by atoms with E-state index >= 15 is 0 Å².